The van der Waals surface area contributed by atoms with E-state index in [1.807, 2.05) is 60.7 Å². The van der Waals surface area contributed by atoms with Crippen molar-refractivity contribution in [1.29, 1.82) is 0 Å². The molecule has 0 unspecified atom stereocenters. The highest BCUT2D eigenvalue weighted by molar-refractivity contribution is 5.97. The molecule has 0 aliphatic carbocycles. The van der Waals surface area contributed by atoms with E-state index in [4.69, 9.17) is 20.6 Å². The van der Waals surface area contributed by atoms with E-state index < -0.39 is 11.8 Å². The van der Waals surface area contributed by atoms with Crippen LogP contribution in [0.4, 0.5) is 0 Å². The highest BCUT2D eigenvalue weighted by Gasteiger charge is 2.46. The van der Waals surface area contributed by atoms with Crippen molar-refractivity contribution in [3.8, 4) is 23.8 Å². The van der Waals surface area contributed by atoms with Gasteiger partial charge in [0.05, 0.1) is 0 Å². The molecule has 0 radical (unpaired) electrons. The van der Waals surface area contributed by atoms with E-state index >= 15 is 0 Å². The standard InChI is InChI=1S/C23H16O4/c1-2-16-25-19-14-9-15-20-21(19)22(24)27-23(26-20,17-10-5-3-6-11-17)18-12-7-4-8-13-18/h1,3-15H,16H2. The van der Waals surface area contributed by atoms with E-state index in [9.17, 15) is 4.79 Å². The van der Waals surface area contributed by atoms with Crippen LogP contribution in [0.1, 0.15) is 21.5 Å². The van der Waals surface area contributed by atoms with Crippen LogP contribution in [0.2, 0.25) is 0 Å². The molecule has 0 fully saturated rings. The number of ether oxygens (including phenoxy) is 3. The minimum Gasteiger partial charge on any atom is -0.480 e. The number of carbonyl (C=O) groups excluding carboxylic acids is 1. The third kappa shape index (κ3) is 2.90. The fourth-order valence-corrected chi connectivity index (χ4v) is 3.11. The molecule has 0 bridgehead atoms. The molecule has 4 nitrogen and oxygen atoms in total. The molecule has 4 rings (SSSR count). The van der Waals surface area contributed by atoms with Crippen molar-refractivity contribution in [3.05, 3.63) is 95.6 Å². The van der Waals surface area contributed by atoms with Gasteiger partial charge in [-0.15, -0.1) is 6.42 Å². The lowest BCUT2D eigenvalue weighted by Gasteiger charge is -2.38. The number of rotatable bonds is 4. The molecule has 0 saturated heterocycles. The van der Waals surface area contributed by atoms with Gasteiger partial charge in [0, 0.05) is 11.1 Å². The van der Waals surface area contributed by atoms with Gasteiger partial charge in [-0.3, -0.25) is 0 Å². The van der Waals surface area contributed by atoms with Crippen LogP contribution in [0.15, 0.2) is 78.9 Å². The summed E-state index contributed by atoms with van der Waals surface area (Å²) in [5.41, 5.74) is 1.66. The molecule has 1 heterocycles. The Labute approximate surface area is 157 Å². The normalized spacial score (nSPS) is 14.3. The zero-order chi connectivity index (χ0) is 18.7. The number of carbonyl (C=O) groups is 1. The largest absolute Gasteiger partial charge is 0.480 e. The molecule has 132 valence electrons. The molecule has 4 heteroatoms. The second-order valence-corrected chi connectivity index (χ2v) is 5.96. The average Bonchev–Trinajstić information content (AvgIpc) is 2.73. The summed E-state index contributed by atoms with van der Waals surface area (Å²) in [5.74, 6) is 1.20. The molecule has 0 N–H and O–H groups in total. The van der Waals surface area contributed by atoms with Gasteiger partial charge in [0.15, 0.2) is 0 Å². The number of fused-ring (bicyclic) bond motifs is 1. The summed E-state index contributed by atoms with van der Waals surface area (Å²) in [6.45, 7) is 0.0479. The SMILES string of the molecule is C#CCOc1cccc2c1C(=O)OC(c1ccccc1)(c1ccccc1)O2. The second-order valence-electron chi connectivity index (χ2n) is 5.96. The van der Waals surface area contributed by atoms with E-state index in [0.29, 0.717) is 22.6 Å². The van der Waals surface area contributed by atoms with Crippen molar-refractivity contribution < 1.29 is 19.0 Å². The lowest BCUT2D eigenvalue weighted by atomic mass is 9.95. The van der Waals surface area contributed by atoms with Crippen LogP contribution < -0.4 is 9.47 Å². The highest BCUT2D eigenvalue weighted by atomic mass is 16.7. The summed E-state index contributed by atoms with van der Waals surface area (Å²) in [6.07, 6.45) is 5.26. The molecule has 0 aromatic heterocycles. The summed E-state index contributed by atoms with van der Waals surface area (Å²) >= 11 is 0. The smallest absolute Gasteiger partial charge is 0.349 e. The Bertz CT molecular complexity index is 964. The van der Waals surface area contributed by atoms with Crippen molar-refractivity contribution >= 4 is 5.97 Å². The quantitative estimate of drug-likeness (QED) is 0.520. The van der Waals surface area contributed by atoms with Crippen LogP contribution >= 0.6 is 0 Å². The third-order valence-electron chi connectivity index (χ3n) is 4.30. The summed E-state index contributed by atoms with van der Waals surface area (Å²) in [7, 11) is 0. The van der Waals surface area contributed by atoms with Gasteiger partial charge < -0.3 is 14.2 Å². The predicted octanol–water partition coefficient (Wildman–Crippen LogP) is 4.15. The fourth-order valence-electron chi connectivity index (χ4n) is 3.11. The lowest BCUT2D eigenvalue weighted by Crippen LogP contribution is -2.43. The van der Waals surface area contributed by atoms with Gasteiger partial charge >= 0.3 is 11.8 Å². The summed E-state index contributed by atoms with van der Waals surface area (Å²) in [5, 5.41) is 0. The number of hydrogen-bond acceptors (Lipinski definition) is 4. The Balaban J connectivity index is 1.87. The van der Waals surface area contributed by atoms with Gasteiger partial charge in [0.25, 0.3) is 0 Å². The van der Waals surface area contributed by atoms with Gasteiger partial charge in [0.1, 0.15) is 23.7 Å². The molecular weight excluding hydrogens is 340 g/mol. The van der Waals surface area contributed by atoms with Crippen LogP contribution in [0.25, 0.3) is 0 Å². The number of cyclic esters (lactones) is 1. The van der Waals surface area contributed by atoms with Crippen molar-refractivity contribution in [3.63, 3.8) is 0 Å². The molecule has 0 atom stereocenters. The van der Waals surface area contributed by atoms with Crippen molar-refractivity contribution in [2.24, 2.45) is 0 Å². The first-order chi connectivity index (χ1) is 13.2. The maximum absolute atomic E-state index is 13.0. The topological polar surface area (TPSA) is 44.8 Å². The Morgan fingerprint density at radius 1 is 0.852 bits per heavy atom. The Hall–Kier alpha value is -3.71. The molecule has 0 spiro atoms. The molecule has 3 aromatic carbocycles. The first-order valence-electron chi connectivity index (χ1n) is 8.47. The fraction of sp³-hybridized carbons (Fsp3) is 0.0870. The van der Waals surface area contributed by atoms with Crippen LogP contribution in [-0.4, -0.2) is 12.6 Å². The summed E-state index contributed by atoms with van der Waals surface area (Å²) < 4.78 is 17.7. The van der Waals surface area contributed by atoms with Crippen LogP contribution in [0.5, 0.6) is 11.5 Å². The molecule has 0 amide bonds. The van der Waals surface area contributed by atoms with Crippen LogP contribution in [0, 0.1) is 12.3 Å². The zero-order valence-corrected chi connectivity index (χ0v) is 14.4. The highest BCUT2D eigenvalue weighted by Crippen LogP contribution is 2.44. The van der Waals surface area contributed by atoms with Gasteiger partial charge in [-0.1, -0.05) is 72.7 Å². The van der Waals surface area contributed by atoms with Gasteiger partial charge in [-0.05, 0) is 12.1 Å². The minimum atomic E-state index is -1.38. The number of esters is 1. The monoisotopic (exact) mass is 356 g/mol. The molecule has 3 aromatic rings. The Morgan fingerprint density at radius 2 is 1.48 bits per heavy atom. The predicted molar refractivity (Wildman–Crippen MR) is 100 cm³/mol. The van der Waals surface area contributed by atoms with E-state index in [-0.39, 0.29) is 12.2 Å². The Morgan fingerprint density at radius 3 is 2.07 bits per heavy atom. The third-order valence-corrected chi connectivity index (χ3v) is 4.30. The Kier molecular flexibility index (Phi) is 4.27. The lowest BCUT2D eigenvalue weighted by molar-refractivity contribution is -0.131. The summed E-state index contributed by atoms with van der Waals surface area (Å²) in [4.78, 5) is 13.0. The van der Waals surface area contributed by atoms with Crippen molar-refractivity contribution in [1.82, 2.24) is 0 Å². The van der Waals surface area contributed by atoms with Crippen molar-refractivity contribution in [2.45, 2.75) is 5.79 Å². The van der Waals surface area contributed by atoms with Gasteiger partial charge in [0.2, 0.25) is 0 Å². The molecule has 27 heavy (non-hydrogen) atoms. The number of hydrogen-bond donors (Lipinski definition) is 0. The average molecular weight is 356 g/mol. The van der Waals surface area contributed by atoms with E-state index in [2.05, 4.69) is 5.92 Å². The van der Waals surface area contributed by atoms with Crippen molar-refractivity contribution in [2.75, 3.05) is 6.61 Å². The van der Waals surface area contributed by atoms with Crippen LogP contribution in [-0.2, 0) is 10.5 Å². The number of terminal acetylenes is 1. The van der Waals surface area contributed by atoms with Gasteiger partial charge in [-0.25, -0.2) is 4.79 Å². The zero-order valence-electron chi connectivity index (χ0n) is 14.4. The van der Waals surface area contributed by atoms with E-state index in [1.54, 1.807) is 18.2 Å². The first kappa shape index (κ1) is 16.7. The molecule has 1 aliphatic rings. The van der Waals surface area contributed by atoms with Gasteiger partial charge in [-0.2, -0.15) is 0 Å². The summed E-state index contributed by atoms with van der Waals surface area (Å²) in [6, 6.07) is 23.9. The number of benzene rings is 3. The van der Waals surface area contributed by atoms with E-state index in [1.165, 1.54) is 0 Å². The van der Waals surface area contributed by atoms with E-state index in [0.717, 1.165) is 0 Å². The molecular formula is C23H16O4. The first-order valence-corrected chi connectivity index (χ1v) is 8.47. The molecule has 1 aliphatic heterocycles. The molecule has 0 saturated carbocycles. The maximum Gasteiger partial charge on any atom is 0.349 e. The van der Waals surface area contributed by atoms with Crippen LogP contribution in [0.3, 0.4) is 0 Å². The second kappa shape index (κ2) is 6.89. The maximum atomic E-state index is 13.0. The minimum absolute atomic E-state index is 0.0479.